The van der Waals surface area contributed by atoms with Crippen molar-refractivity contribution in [3.63, 3.8) is 0 Å². The molecule has 0 bridgehead atoms. The van der Waals surface area contributed by atoms with Crippen LogP contribution in [0.3, 0.4) is 0 Å². The Labute approximate surface area is 191 Å². The van der Waals surface area contributed by atoms with Gasteiger partial charge in [-0.15, -0.1) is 0 Å². The fraction of sp³-hybridized carbons (Fsp3) is 0.227. The predicted molar refractivity (Wildman–Crippen MR) is 118 cm³/mol. The first-order valence-electron chi connectivity index (χ1n) is 9.54. The van der Waals surface area contributed by atoms with Crippen molar-refractivity contribution in [3.05, 3.63) is 75.4 Å². The summed E-state index contributed by atoms with van der Waals surface area (Å²) in [7, 11) is 0. The van der Waals surface area contributed by atoms with Gasteiger partial charge in [0.05, 0.1) is 16.7 Å². The average molecular weight is 477 g/mol. The number of imidazole rings is 1. The van der Waals surface area contributed by atoms with E-state index in [1.54, 1.807) is 36.6 Å². The second-order valence-corrected chi connectivity index (χ2v) is 9.46. The summed E-state index contributed by atoms with van der Waals surface area (Å²) in [5, 5.41) is 0.676. The Morgan fingerprint density at radius 2 is 2.00 bits per heavy atom. The Morgan fingerprint density at radius 1 is 1.25 bits per heavy atom. The number of carbonyl (C=O) groups is 1. The predicted octanol–water partition coefficient (Wildman–Crippen LogP) is 5.29. The molecule has 2 heterocycles. The van der Waals surface area contributed by atoms with Gasteiger partial charge in [-0.25, -0.2) is 14.2 Å². The molecule has 0 spiro atoms. The highest BCUT2D eigenvalue weighted by atomic mass is 35.5. The van der Waals surface area contributed by atoms with E-state index in [1.807, 2.05) is 18.2 Å². The first kappa shape index (κ1) is 22.2. The van der Waals surface area contributed by atoms with E-state index >= 15 is 0 Å². The Morgan fingerprint density at radius 3 is 2.69 bits per heavy atom. The van der Waals surface area contributed by atoms with E-state index < -0.39 is 22.4 Å². The third kappa shape index (κ3) is 4.31. The van der Waals surface area contributed by atoms with Crippen LogP contribution < -0.4 is 5.82 Å². The van der Waals surface area contributed by atoms with E-state index in [9.17, 15) is 14.0 Å². The van der Waals surface area contributed by atoms with Crippen molar-refractivity contribution < 1.29 is 22.8 Å². The fourth-order valence-electron chi connectivity index (χ4n) is 3.05. The van der Waals surface area contributed by atoms with E-state index in [2.05, 4.69) is 4.98 Å². The van der Waals surface area contributed by atoms with Gasteiger partial charge in [0, 0.05) is 5.02 Å². The van der Waals surface area contributed by atoms with Gasteiger partial charge in [0.15, 0.2) is 23.3 Å². The summed E-state index contributed by atoms with van der Waals surface area (Å²) in [5.74, 6) is -1.57. The standard InChI is InChI=1S/C22H18ClFN2O5S/c1-12-18(31-21(28)30-12)11-29-19(27)22(2,3)32-20-25-15-6-4-5-7-17(15)26(20)16-9-8-13(23)10-14(16)24/h4-10H,11H2,1-3H3. The lowest BCUT2D eigenvalue weighted by Gasteiger charge is -2.22. The molecule has 2 aromatic carbocycles. The van der Waals surface area contributed by atoms with Crippen molar-refractivity contribution in [3.8, 4) is 5.69 Å². The van der Waals surface area contributed by atoms with Crippen molar-refractivity contribution in [2.24, 2.45) is 0 Å². The maximum atomic E-state index is 14.8. The minimum atomic E-state index is -1.10. The zero-order valence-electron chi connectivity index (χ0n) is 17.3. The lowest BCUT2D eigenvalue weighted by molar-refractivity contribution is -0.147. The van der Waals surface area contributed by atoms with Crippen LogP contribution in [0.5, 0.6) is 0 Å². The molecule has 0 amide bonds. The van der Waals surface area contributed by atoms with Crippen LogP contribution in [0.25, 0.3) is 16.7 Å². The first-order valence-corrected chi connectivity index (χ1v) is 10.7. The van der Waals surface area contributed by atoms with Crippen molar-refractivity contribution in [2.75, 3.05) is 0 Å². The van der Waals surface area contributed by atoms with Gasteiger partial charge >= 0.3 is 11.8 Å². The van der Waals surface area contributed by atoms with Gasteiger partial charge in [-0.1, -0.05) is 35.5 Å². The third-order valence-corrected chi connectivity index (χ3v) is 6.06. The Bertz CT molecular complexity index is 1370. The molecule has 0 aliphatic rings. The second kappa shape index (κ2) is 8.48. The normalized spacial score (nSPS) is 11.8. The monoisotopic (exact) mass is 476 g/mol. The van der Waals surface area contributed by atoms with Gasteiger partial charge in [-0.3, -0.25) is 9.36 Å². The first-order chi connectivity index (χ1) is 15.2. The molecule has 0 N–H and O–H groups in total. The zero-order valence-corrected chi connectivity index (χ0v) is 18.9. The average Bonchev–Trinajstić information content (AvgIpc) is 3.24. The number of ether oxygens (including phenoxy) is 1. The van der Waals surface area contributed by atoms with Crippen molar-refractivity contribution in [2.45, 2.75) is 37.3 Å². The smallest absolute Gasteiger partial charge is 0.456 e. The summed E-state index contributed by atoms with van der Waals surface area (Å²) < 4.78 is 30.3. The molecule has 0 aliphatic heterocycles. The molecule has 0 atom stereocenters. The molecule has 10 heteroatoms. The van der Waals surface area contributed by atoms with Crippen LogP contribution in [0.15, 0.2) is 61.2 Å². The number of benzene rings is 2. The fourth-order valence-corrected chi connectivity index (χ4v) is 4.24. The van der Waals surface area contributed by atoms with Crippen LogP contribution >= 0.6 is 23.4 Å². The molecule has 0 aliphatic carbocycles. The minimum absolute atomic E-state index is 0.139. The van der Waals surface area contributed by atoms with Gasteiger partial charge < -0.3 is 13.6 Å². The molecule has 0 radical (unpaired) electrons. The zero-order chi connectivity index (χ0) is 23.0. The molecule has 0 fully saturated rings. The number of carbonyl (C=O) groups excluding carboxylic acids is 1. The van der Waals surface area contributed by atoms with Crippen LogP contribution in [0, 0.1) is 12.7 Å². The van der Waals surface area contributed by atoms with Crippen LogP contribution in [0.2, 0.25) is 5.02 Å². The summed E-state index contributed by atoms with van der Waals surface area (Å²) in [6.07, 6.45) is 0. The molecular formula is C22H18ClFN2O5S. The number of nitrogens with zero attached hydrogens (tertiary/aromatic N) is 2. The number of halogens is 2. The highest BCUT2D eigenvalue weighted by Crippen LogP contribution is 2.37. The van der Waals surface area contributed by atoms with Gasteiger partial charge in [0.2, 0.25) is 0 Å². The number of hydrogen-bond donors (Lipinski definition) is 0. The quantitative estimate of drug-likeness (QED) is 0.276. The Kier molecular flexibility index (Phi) is 5.87. The molecule has 166 valence electrons. The number of aromatic nitrogens is 2. The molecular weight excluding hydrogens is 459 g/mol. The molecule has 32 heavy (non-hydrogen) atoms. The van der Waals surface area contributed by atoms with Crippen LogP contribution in [-0.2, 0) is 16.1 Å². The van der Waals surface area contributed by atoms with E-state index in [-0.39, 0.29) is 28.8 Å². The molecule has 0 saturated carbocycles. The Hall–Kier alpha value is -3.04. The highest BCUT2D eigenvalue weighted by Gasteiger charge is 2.34. The summed E-state index contributed by atoms with van der Waals surface area (Å²) in [5.41, 5.74) is 1.58. The number of fused-ring (bicyclic) bond motifs is 1. The van der Waals surface area contributed by atoms with Crippen molar-refractivity contribution in [1.82, 2.24) is 9.55 Å². The molecule has 4 rings (SSSR count). The van der Waals surface area contributed by atoms with E-state index in [0.29, 0.717) is 16.2 Å². The number of para-hydroxylation sites is 2. The molecule has 7 nitrogen and oxygen atoms in total. The van der Waals surface area contributed by atoms with Gasteiger partial charge in [-0.05, 0) is 51.1 Å². The number of rotatable bonds is 6. The lowest BCUT2D eigenvalue weighted by Crippen LogP contribution is -2.30. The van der Waals surface area contributed by atoms with E-state index in [4.69, 9.17) is 25.2 Å². The van der Waals surface area contributed by atoms with Crippen LogP contribution in [-0.4, -0.2) is 20.3 Å². The largest absolute Gasteiger partial charge is 0.519 e. The summed E-state index contributed by atoms with van der Waals surface area (Å²) in [4.78, 5) is 28.6. The third-order valence-electron chi connectivity index (χ3n) is 4.69. The van der Waals surface area contributed by atoms with Crippen LogP contribution in [0.1, 0.15) is 25.4 Å². The van der Waals surface area contributed by atoms with E-state index in [1.165, 1.54) is 13.0 Å². The number of esters is 1. The van der Waals surface area contributed by atoms with Crippen molar-refractivity contribution >= 4 is 40.4 Å². The topological polar surface area (TPSA) is 87.5 Å². The molecule has 4 aromatic rings. The summed E-state index contributed by atoms with van der Waals surface area (Å²) in [6, 6.07) is 11.6. The SMILES string of the molecule is Cc1oc(=O)oc1COC(=O)C(C)(C)Sc1nc2ccccc2n1-c1ccc(Cl)cc1F. The molecule has 0 unspecified atom stereocenters. The molecule has 0 saturated heterocycles. The van der Waals surface area contributed by atoms with Gasteiger partial charge in [0.25, 0.3) is 0 Å². The Balaban J connectivity index is 1.66. The minimum Gasteiger partial charge on any atom is -0.456 e. The summed E-state index contributed by atoms with van der Waals surface area (Å²) >= 11 is 7.04. The van der Waals surface area contributed by atoms with Gasteiger partial charge in [0.1, 0.15) is 10.6 Å². The number of hydrogen-bond acceptors (Lipinski definition) is 7. The number of aryl methyl sites for hydroxylation is 1. The van der Waals surface area contributed by atoms with Crippen molar-refractivity contribution in [1.29, 1.82) is 0 Å². The highest BCUT2D eigenvalue weighted by molar-refractivity contribution is 8.01. The van der Waals surface area contributed by atoms with Gasteiger partial charge in [-0.2, -0.15) is 0 Å². The summed E-state index contributed by atoms with van der Waals surface area (Å²) in [6.45, 7) is 4.63. The number of thioether (sulfide) groups is 1. The van der Waals surface area contributed by atoms with E-state index in [0.717, 1.165) is 11.8 Å². The maximum Gasteiger partial charge on any atom is 0.519 e. The lowest BCUT2D eigenvalue weighted by atomic mass is 10.2. The van der Waals surface area contributed by atoms with Crippen LogP contribution in [0.4, 0.5) is 4.39 Å². The second-order valence-electron chi connectivity index (χ2n) is 7.44. The maximum absolute atomic E-state index is 14.8. The molecule has 2 aromatic heterocycles.